The summed E-state index contributed by atoms with van der Waals surface area (Å²) in [7, 11) is 1.28. The number of nitrogens with zero attached hydrogens (tertiary/aromatic N) is 6. The third-order valence-electron chi connectivity index (χ3n) is 8.53. The lowest BCUT2D eigenvalue weighted by Crippen LogP contribution is -2.71. The van der Waals surface area contributed by atoms with Crippen molar-refractivity contribution < 1.29 is 43.8 Å². The summed E-state index contributed by atoms with van der Waals surface area (Å²) in [5.74, 6) is -3.07. The van der Waals surface area contributed by atoms with Gasteiger partial charge in [-0.2, -0.15) is 0 Å². The number of nitrogen functional groups attached to an aromatic ring is 1. The fourth-order valence-corrected chi connectivity index (χ4v) is 10.7. The van der Waals surface area contributed by atoms with Crippen molar-refractivity contribution in [3.05, 3.63) is 75.7 Å². The average Bonchev–Trinajstić information content (AvgIpc) is 3.88. The Morgan fingerprint density at radius 3 is 2.25 bits per heavy atom. The largest absolute Gasteiger partial charge is 0.477 e. The highest BCUT2D eigenvalue weighted by Gasteiger charge is 2.55. The molecule has 0 spiro atoms. The lowest BCUT2D eigenvalue weighted by Gasteiger charge is -2.49. The summed E-state index contributed by atoms with van der Waals surface area (Å²) in [5, 5.41) is 32.6. The number of rotatable bonds is 12. The Morgan fingerprint density at radius 1 is 1.02 bits per heavy atom. The van der Waals surface area contributed by atoms with Gasteiger partial charge in [-0.1, -0.05) is 40.0 Å². The number of aliphatic carboxylic acids is 2. The number of carboxylic acids is 2. The summed E-state index contributed by atoms with van der Waals surface area (Å²) < 4.78 is 4.63. The van der Waals surface area contributed by atoms with Crippen LogP contribution in [-0.4, -0.2) is 123 Å². The Bertz CT molecular complexity index is 2150. The number of hydrogen-bond acceptors (Lipinski definition) is 18. The molecule has 2 aromatic heterocycles. The number of benzene rings is 1. The highest BCUT2D eigenvalue weighted by molar-refractivity contribution is 8.02. The Balaban J connectivity index is 0.000000198. The van der Waals surface area contributed by atoms with Crippen LogP contribution in [-0.2, 0) is 33.6 Å². The number of thiazole rings is 1. The summed E-state index contributed by atoms with van der Waals surface area (Å²) >= 11 is 6.57. The smallest absolute Gasteiger partial charge is 0.352 e. The van der Waals surface area contributed by atoms with Gasteiger partial charge < -0.3 is 37.2 Å². The van der Waals surface area contributed by atoms with Gasteiger partial charge in [-0.05, 0) is 35.2 Å². The van der Waals surface area contributed by atoms with Crippen molar-refractivity contribution in [2.75, 3.05) is 30.1 Å². The van der Waals surface area contributed by atoms with Crippen molar-refractivity contribution in [2.24, 2.45) is 10.9 Å². The Kier molecular flexibility index (Phi) is 12.6. The number of anilines is 1. The first-order valence-electron chi connectivity index (χ1n) is 16.2. The zero-order valence-electron chi connectivity index (χ0n) is 29.2. The molecule has 2 fully saturated rings. The zero-order chi connectivity index (χ0) is 40.3. The molecule has 294 valence electrons. The summed E-state index contributed by atoms with van der Waals surface area (Å²) in [6, 6.07) is 6.33. The first kappa shape index (κ1) is 40.6. The molecule has 56 heavy (non-hydrogen) atoms. The van der Waals surface area contributed by atoms with Crippen LogP contribution in [0.25, 0.3) is 0 Å². The van der Waals surface area contributed by atoms with Crippen LogP contribution in [0, 0.1) is 0 Å². The minimum Gasteiger partial charge on any atom is -0.477 e. The monoisotopic (exact) mass is 860 g/mol. The molecule has 2 saturated heterocycles. The number of carboxylic acid groups (broad SMARTS) is 2. The van der Waals surface area contributed by atoms with Crippen molar-refractivity contribution >= 4 is 105 Å². The zero-order valence-corrected chi connectivity index (χ0v) is 33.3. The van der Waals surface area contributed by atoms with Crippen LogP contribution in [0.5, 0.6) is 0 Å². The van der Waals surface area contributed by atoms with E-state index >= 15 is 0 Å². The van der Waals surface area contributed by atoms with Crippen LogP contribution < -0.4 is 22.1 Å². The second-order valence-corrected chi connectivity index (χ2v) is 17.2. The quantitative estimate of drug-likeness (QED) is 0.0638. The molecule has 24 heteroatoms. The highest BCUT2D eigenvalue weighted by Crippen LogP contribution is 2.42. The Labute approximate surface area is 338 Å². The van der Waals surface area contributed by atoms with Crippen molar-refractivity contribution in [1.29, 1.82) is 0 Å². The van der Waals surface area contributed by atoms with Crippen LogP contribution >= 0.6 is 58.2 Å². The van der Waals surface area contributed by atoms with E-state index in [4.69, 9.17) is 16.3 Å². The first-order chi connectivity index (χ1) is 26.8. The third-order valence-corrected chi connectivity index (χ3v) is 13.9. The second kappa shape index (κ2) is 17.4. The molecule has 0 saturated carbocycles. The number of oxime groups is 1. The van der Waals surface area contributed by atoms with Gasteiger partial charge in [0.2, 0.25) is 5.91 Å². The average molecular weight is 861 g/mol. The minimum absolute atomic E-state index is 0.0154. The summed E-state index contributed by atoms with van der Waals surface area (Å²) in [6.45, 7) is 1.69. The first-order valence-corrected chi connectivity index (χ1v) is 21.0. The molecule has 4 amide bonds. The van der Waals surface area contributed by atoms with Crippen LogP contribution in [0.3, 0.4) is 0 Å². The van der Waals surface area contributed by atoms with Crippen molar-refractivity contribution in [1.82, 2.24) is 35.0 Å². The van der Waals surface area contributed by atoms with E-state index in [2.05, 4.69) is 30.4 Å². The number of amides is 4. The molecule has 6 heterocycles. The van der Waals surface area contributed by atoms with Crippen molar-refractivity contribution in [2.45, 2.75) is 40.0 Å². The third kappa shape index (κ3) is 8.24. The fourth-order valence-electron chi connectivity index (χ4n) is 5.91. The standard InChI is InChI=1S/C16H15N7O5S4.C16H17N3O4S/c1-28-21-9(7-5-31-16(17)19-7)12(24)20-10-13(25)23-11(15(26)27)6(4-30-14(10)23)3-29-8-2-18-22-32-8;1-8-7-24-15-11(14(21)19(15)12(8)16(22)23)18-13(20)10(17)9-5-3-2-4-6-9/h2,5,10,14H,3-4H2,1H3,(H2,17,19)(H,20,24)(H,26,27);2-6,10-11,15H,7,17H2,1H3,(H,18,20)(H,22,23)/b21-9-;/t10-,14-;10-,11-,15-/m11/s1. The number of hydrogen-bond donors (Lipinski definition) is 6. The lowest BCUT2D eigenvalue weighted by molar-refractivity contribution is -0.150. The van der Waals surface area contributed by atoms with Crippen molar-refractivity contribution in [3.63, 3.8) is 0 Å². The van der Waals surface area contributed by atoms with E-state index in [1.807, 2.05) is 6.07 Å². The number of nitrogens with one attached hydrogen (secondary N) is 2. The molecule has 4 aliphatic rings. The van der Waals surface area contributed by atoms with Crippen LogP contribution in [0.2, 0.25) is 0 Å². The van der Waals surface area contributed by atoms with Gasteiger partial charge in [0, 0.05) is 22.6 Å². The van der Waals surface area contributed by atoms with E-state index in [9.17, 15) is 39.0 Å². The second-order valence-electron chi connectivity index (χ2n) is 12.1. The number of β-lactam (4-membered cyclic amide) rings is 2. The van der Waals surface area contributed by atoms with E-state index in [0.717, 1.165) is 15.5 Å². The minimum atomic E-state index is -1.19. The summed E-state index contributed by atoms with van der Waals surface area (Å²) in [5.41, 5.74) is 13.5. The summed E-state index contributed by atoms with van der Waals surface area (Å²) in [4.78, 5) is 84.7. The molecule has 4 aliphatic heterocycles. The van der Waals surface area contributed by atoms with Gasteiger partial charge in [-0.3, -0.25) is 29.0 Å². The molecule has 5 atom stereocenters. The molecule has 1 aromatic carbocycles. The van der Waals surface area contributed by atoms with E-state index in [0.29, 0.717) is 34.0 Å². The molecule has 0 radical (unpaired) electrons. The van der Waals surface area contributed by atoms with E-state index in [1.54, 1.807) is 42.8 Å². The molecular formula is C32H32N10O9S5. The maximum Gasteiger partial charge on any atom is 0.352 e. The topological polar surface area (TPSA) is 286 Å². The molecule has 0 aliphatic carbocycles. The fraction of sp³-hybridized carbons (Fsp3) is 0.312. The molecule has 0 unspecified atom stereocenters. The van der Waals surface area contributed by atoms with Crippen LogP contribution in [0.4, 0.5) is 5.13 Å². The van der Waals surface area contributed by atoms with Gasteiger partial charge in [0.15, 0.2) is 10.8 Å². The molecule has 0 bridgehead atoms. The van der Waals surface area contributed by atoms with Gasteiger partial charge in [0.1, 0.15) is 57.3 Å². The number of carbonyl (C=O) groups is 6. The lowest BCUT2D eigenvalue weighted by atomic mass is 10.0. The van der Waals surface area contributed by atoms with E-state index in [-0.39, 0.29) is 27.9 Å². The maximum atomic E-state index is 12.8. The number of carbonyl (C=O) groups excluding carboxylic acids is 4. The number of aromatic nitrogens is 3. The van der Waals surface area contributed by atoms with Gasteiger partial charge in [0.25, 0.3) is 17.7 Å². The number of nitrogens with two attached hydrogens (primary N) is 2. The molecule has 19 nitrogen and oxygen atoms in total. The maximum absolute atomic E-state index is 12.8. The van der Waals surface area contributed by atoms with E-state index in [1.165, 1.54) is 63.7 Å². The van der Waals surface area contributed by atoms with Gasteiger partial charge >= 0.3 is 11.9 Å². The number of thioether (sulfide) groups is 3. The molecular weight excluding hydrogens is 829 g/mol. The molecule has 3 aromatic rings. The Hall–Kier alpha value is -5.01. The highest BCUT2D eigenvalue weighted by atomic mass is 32.2. The van der Waals surface area contributed by atoms with Crippen LogP contribution in [0.15, 0.2) is 73.8 Å². The predicted molar refractivity (Wildman–Crippen MR) is 209 cm³/mol. The number of fused-ring (bicyclic) bond motifs is 2. The predicted octanol–water partition coefficient (Wildman–Crippen LogP) is 0.903. The SMILES string of the molecule is CC1=C(C(=O)O)N2C(=O)[C@@H](NC(=O)[C@H](N)c3ccccc3)[C@H]2SC1.CO/N=C(\C(=O)N[C@@H]1C(=O)N2C(C(=O)O)=C(CSc3cnns3)CS[C@H]12)c1csc(N)n1. The molecule has 8 N–H and O–H groups in total. The van der Waals surface area contributed by atoms with Crippen LogP contribution in [0.1, 0.15) is 24.2 Å². The van der Waals surface area contributed by atoms with Gasteiger partial charge in [-0.25, -0.2) is 14.6 Å². The molecule has 7 rings (SSSR count). The van der Waals surface area contributed by atoms with E-state index < -0.39 is 64.4 Å². The van der Waals surface area contributed by atoms with Gasteiger partial charge in [-0.15, -0.1) is 51.7 Å². The summed E-state index contributed by atoms with van der Waals surface area (Å²) in [6.07, 6.45) is 1.60. The Morgan fingerprint density at radius 2 is 1.66 bits per heavy atom. The normalized spacial score (nSPS) is 22.1. The van der Waals surface area contributed by atoms with Gasteiger partial charge in [0.05, 0.1) is 6.20 Å². The van der Waals surface area contributed by atoms with Crippen molar-refractivity contribution in [3.8, 4) is 0 Å².